The van der Waals surface area contributed by atoms with Crippen LogP contribution < -0.4 is 14.8 Å². The lowest BCUT2D eigenvalue weighted by Crippen LogP contribution is -2.29. The first-order chi connectivity index (χ1) is 9.92. The summed E-state index contributed by atoms with van der Waals surface area (Å²) in [5.41, 5.74) is 1.08. The molecule has 1 N–H and O–H groups in total. The van der Waals surface area contributed by atoms with Crippen molar-refractivity contribution in [3.63, 3.8) is 0 Å². The van der Waals surface area contributed by atoms with E-state index < -0.39 is 0 Å². The van der Waals surface area contributed by atoms with E-state index in [9.17, 15) is 0 Å². The predicted octanol–water partition coefficient (Wildman–Crippen LogP) is 3.26. The van der Waals surface area contributed by atoms with Gasteiger partial charge in [-0.1, -0.05) is 27.7 Å². The molecule has 0 saturated carbocycles. The first kappa shape index (κ1) is 17.3. The Hall–Kier alpha value is -1.73. The zero-order valence-electron chi connectivity index (χ0n) is 13.7. The predicted molar refractivity (Wildman–Crippen MR) is 84.9 cm³/mol. The molecule has 1 aromatic rings. The second kappa shape index (κ2) is 7.90. The molecule has 4 nitrogen and oxygen atoms in total. The summed E-state index contributed by atoms with van der Waals surface area (Å²) in [5, 5.41) is 12.1. The van der Waals surface area contributed by atoms with Crippen LogP contribution in [0.4, 0.5) is 0 Å². The highest BCUT2D eigenvalue weighted by Gasteiger charge is 2.20. The van der Waals surface area contributed by atoms with Crippen LogP contribution in [0.5, 0.6) is 11.5 Å². The number of nitrogens with one attached hydrogen (secondary N) is 1. The normalized spacial score (nSPS) is 12.6. The van der Waals surface area contributed by atoms with Crippen LogP contribution in [0.3, 0.4) is 0 Å². The van der Waals surface area contributed by atoms with Crippen LogP contribution >= 0.6 is 0 Å². The van der Waals surface area contributed by atoms with Crippen LogP contribution in [-0.2, 0) is 5.41 Å². The fraction of sp³-hybridized carbons (Fsp3) is 0.588. The van der Waals surface area contributed by atoms with E-state index in [2.05, 4.69) is 32.2 Å². The Bertz CT molecular complexity index is 487. The lowest BCUT2D eigenvalue weighted by molar-refractivity contribution is 0.290. The van der Waals surface area contributed by atoms with Crippen LogP contribution in [0.1, 0.15) is 39.7 Å². The van der Waals surface area contributed by atoms with Crippen molar-refractivity contribution in [2.24, 2.45) is 0 Å². The molecule has 0 radical (unpaired) electrons. The van der Waals surface area contributed by atoms with Gasteiger partial charge >= 0.3 is 0 Å². The maximum absolute atomic E-state index is 9.02. The number of nitrogens with zero attached hydrogens (tertiary/aromatic N) is 1. The lowest BCUT2D eigenvalue weighted by Gasteiger charge is -2.23. The van der Waals surface area contributed by atoms with E-state index in [1.807, 2.05) is 25.1 Å². The van der Waals surface area contributed by atoms with Crippen molar-refractivity contribution in [2.45, 2.75) is 45.6 Å². The van der Waals surface area contributed by atoms with Crippen molar-refractivity contribution in [1.82, 2.24) is 5.32 Å². The molecule has 0 aromatic heterocycles. The van der Waals surface area contributed by atoms with Gasteiger partial charge in [0.2, 0.25) is 0 Å². The monoisotopic (exact) mass is 290 g/mol. The largest absolute Gasteiger partial charge is 0.497 e. The minimum absolute atomic E-state index is 0.0276. The summed E-state index contributed by atoms with van der Waals surface area (Å²) >= 11 is 0. The first-order valence-electron chi connectivity index (χ1n) is 7.36. The highest BCUT2D eigenvalue weighted by Crippen LogP contribution is 2.34. The van der Waals surface area contributed by atoms with Gasteiger partial charge in [0.25, 0.3) is 0 Å². The average molecular weight is 290 g/mol. The Labute approximate surface area is 128 Å². The minimum Gasteiger partial charge on any atom is -0.497 e. The number of hydrogen-bond donors (Lipinski definition) is 1. The van der Waals surface area contributed by atoms with Gasteiger partial charge in [-0.05, 0) is 30.2 Å². The number of nitriles is 1. The third-order valence-electron chi connectivity index (χ3n) is 3.27. The molecule has 0 heterocycles. The molecule has 0 aliphatic heterocycles. The van der Waals surface area contributed by atoms with Gasteiger partial charge < -0.3 is 14.8 Å². The first-order valence-corrected chi connectivity index (χ1v) is 7.36. The van der Waals surface area contributed by atoms with Crippen molar-refractivity contribution in [2.75, 3.05) is 20.3 Å². The van der Waals surface area contributed by atoms with E-state index in [1.165, 1.54) is 0 Å². The number of hydrogen-bond acceptors (Lipinski definition) is 4. The molecule has 0 aliphatic rings. The molecule has 4 heteroatoms. The molecular formula is C17H26N2O2. The summed E-state index contributed by atoms with van der Waals surface area (Å²) in [6, 6.07) is 7.93. The maximum atomic E-state index is 9.02. The van der Waals surface area contributed by atoms with Gasteiger partial charge in [-0.25, -0.2) is 0 Å². The Morgan fingerprint density at radius 3 is 2.57 bits per heavy atom. The molecule has 0 fully saturated rings. The van der Waals surface area contributed by atoms with E-state index in [1.54, 1.807) is 7.11 Å². The molecule has 116 valence electrons. The van der Waals surface area contributed by atoms with E-state index >= 15 is 0 Å². The molecule has 0 saturated heterocycles. The molecule has 0 bridgehead atoms. The highest BCUT2D eigenvalue weighted by atomic mass is 16.5. The molecular weight excluding hydrogens is 264 g/mol. The average Bonchev–Trinajstić information content (AvgIpc) is 2.45. The minimum atomic E-state index is -0.161. The molecule has 1 unspecified atom stereocenters. The standard InChI is InChI=1S/C17H26N2O2/c1-6-19-13(12-18)9-10-21-16-8-7-14(20-5)11-15(16)17(2,3)4/h7-8,11,13,19H,6,9-10H2,1-5H3. The van der Waals surface area contributed by atoms with Gasteiger partial charge in [-0.3, -0.25) is 0 Å². The van der Waals surface area contributed by atoms with E-state index in [4.69, 9.17) is 14.7 Å². The van der Waals surface area contributed by atoms with E-state index in [0.717, 1.165) is 23.6 Å². The topological polar surface area (TPSA) is 54.3 Å². The van der Waals surface area contributed by atoms with Crippen molar-refractivity contribution in [3.05, 3.63) is 23.8 Å². The summed E-state index contributed by atoms with van der Waals surface area (Å²) in [4.78, 5) is 0. The number of rotatable bonds is 7. The van der Waals surface area contributed by atoms with Crippen LogP contribution in [0, 0.1) is 11.3 Å². The zero-order chi connectivity index (χ0) is 15.9. The van der Waals surface area contributed by atoms with Crippen LogP contribution in [0.25, 0.3) is 0 Å². The summed E-state index contributed by atoms with van der Waals surface area (Å²) in [6.45, 7) is 9.73. The summed E-state index contributed by atoms with van der Waals surface area (Å²) in [6.07, 6.45) is 0.667. The maximum Gasteiger partial charge on any atom is 0.123 e. The Morgan fingerprint density at radius 2 is 2.05 bits per heavy atom. The number of benzene rings is 1. The fourth-order valence-corrected chi connectivity index (χ4v) is 2.09. The van der Waals surface area contributed by atoms with Gasteiger partial charge in [0.1, 0.15) is 11.5 Å². The lowest BCUT2D eigenvalue weighted by atomic mass is 9.86. The Morgan fingerprint density at radius 1 is 1.33 bits per heavy atom. The van der Waals surface area contributed by atoms with Crippen molar-refractivity contribution in [3.8, 4) is 17.6 Å². The van der Waals surface area contributed by atoms with Crippen molar-refractivity contribution >= 4 is 0 Å². The molecule has 0 spiro atoms. The molecule has 21 heavy (non-hydrogen) atoms. The molecule has 1 atom stereocenters. The number of ether oxygens (including phenoxy) is 2. The second-order valence-corrected chi connectivity index (χ2v) is 5.99. The number of methoxy groups -OCH3 is 1. The van der Waals surface area contributed by atoms with Crippen molar-refractivity contribution in [1.29, 1.82) is 5.26 Å². The van der Waals surface area contributed by atoms with Gasteiger partial charge in [0.15, 0.2) is 0 Å². The van der Waals surface area contributed by atoms with Crippen LogP contribution in [0.2, 0.25) is 0 Å². The quantitative estimate of drug-likeness (QED) is 0.837. The Balaban J connectivity index is 2.77. The fourth-order valence-electron chi connectivity index (χ4n) is 2.09. The zero-order valence-corrected chi connectivity index (χ0v) is 13.7. The third kappa shape index (κ3) is 5.28. The van der Waals surface area contributed by atoms with Crippen molar-refractivity contribution < 1.29 is 9.47 Å². The van der Waals surface area contributed by atoms with Crippen LogP contribution in [-0.4, -0.2) is 26.3 Å². The smallest absolute Gasteiger partial charge is 0.123 e. The van der Waals surface area contributed by atoms with Crippen LogP contribution in [0.15, 0.2) is 18.2 Å². The summed E-state index contributed by atoms with van der Waals surface area (Å²) in [7, 11) is 1.66. The molecule has 0 aliphatic carbocycles. The molecule has 1 aromatic carbocycles. The van der Waals surface area contributed by atoms with Gasteiger partial charge in [-0.15, -0.1) is 0 Å². The molecule has 1 rings (SSSR count). The second-order valence-electron chi connectivity index (χ2n) is 5.99. The van der Waals surface area contributed by atoms with Gasteiger partial charge in [-0.2, -0.15) is 5.26 Å². The highest BCUT2D eigenvalue weighted by molar-refractivity contribution is 5.44. The third-order valence-corrected chi connectivity index (χ3v) is 3.27. The van der Waals surface area contributed by atoms with E-state index in [0.29, 0.717) is 13.0 Å². The Kier molecular flexibility index (Phi) is 6.51. The van der Waals surface area contributed by atoms with Gasteiger partial charge in [0.05, 0.1) is 25.8 Å². The van der Waals surface area contributed by atoms with E-state index in [-0.39, 0.29) is 11.5 Å². The molecule has 0 amide bonds. The SMILES string of the molecule is CCNC(C#N)CCOc1ccc(OC)cc1C(C)(C)C. The summed E-state index contributed by atoms with van der Waals surface area (Å²) < 4.78 is 11.2. The van der Waals surface area contributed by atoms with Gasteiger partial charge in [0, 0.05) is 12.0 Å². The summed E-state index contributed by atoms with van der Waals surface area (Å²) in [5.74, 6) is 1.69.